The van der Waals surface area contributed by atoms with Crippen LogP contribution in [0.15, 0.2) is 6.07 Å². The third-order valence-corrected chi connectivity index (χ3v) is 15.5. The maximum absolute atomic E-state index is 2.58. The molecule has 0 unspecified atom stereocenters. The molecule has 0 saturated carbocycles. The largest absolute Gasteiger partial charge is 0.153 e. The van der Waals surface area contributed by atoms with Crippen molar-refractivity contribution in [1.29, 1.82) is 0 Å². The Kier molecular flexibility index (Phi) is 9.51. The highest BCUT2D eigenvalue weighted by atomic mass is 32.1. The quantitative estimate of drug-likeness (QED) is 0.211. The van der Waals surface area contributed by atoms with Crippen LogP contribution >= 0.6 is 22.7 Å². The highest BCUT2D eigenvalue weighted by molar-refractivity contribution is 7.41. The Morgan fingerprint density at radius 3 is 1.64 bits per heavy atom. The fourth-order valence-electron chi connectivity index (χ4n) is 3.94. The van der Waals surface area contributed by atoms with Gasteiger partial charge in [-0.15, -0.1) is 11.3 Å². The summed E-state index contributed by atoms with van der Waals surface area (Å²) in [5.74, 6) is 0. The Labute approximate surface area is 185 Å². The molecule has 0 atom stereocenters. The molecule has 4 heteroatoms. The number of fused-ring (bicyclic) bond motifs is 1. The van der Waals surface area contributed by atoms with Gasteiger partial charge >= 0.3 is 0 Å². The van der Waals surface area contributed by atoms with E-state index in [1.165, 1.54) is 70.6 Å². The molecule has 2 aromatic heterocycles. The minimum absolute atomic E-state index is 1.26. The molecule has 0 amide bonds. The van der Waals surface area contributed by atoms with Crippen LogP contribution < -0.4 is 9.00 Å². The zero-order valence-corrected chi connectivity index (χ0v) is 23.3. The van der Waals surface area contributed by atoms with Crippen LogP contribution in [-0.4, -0.2) is 16.1 Å². The van der Waals surface area contributed by atoms with Crippen molar-refractivity contribution >= 4 is 57.9 Å². The number of rotatable bonds is 13. The van der Waals surface area contributed by atoms with Crippen LogP contribution in [0.3, 0.4) is 0 Å². The van der Waals surface area contributed by atoms with Gasteiger partial charge < -0.3 is 0 Å². The average molecular weight is 453 g/mol. The molecule has 0 saturated heterocycles. The lowest BCUT2D eigenvalue weighted by atomic mass is 10.1. The molecule has 0 aromatic carbocycles. The molecule has 0 aliphatic heterocycles. The normalized spacial score (nSPS) is 13.0. The van der Waals surface area contributed by atoms with E-state index in [0.29, 0.717) is 0 Å². The van der Waals surface area contributed by atoms with Crippen LogP contribution in [0.4, 0.5) is 0 Å². The molecule has 2 aromatic rings. The van der Waals surface area contributed by atoms with E-state index in [4.69, 9.17) is 0 Å². The summed E-state index contributed by atoms with van der Waals surface area (Å²) in [6, 6.07) is 2.58. The zero-order chi connectivity index (χ0) is 20.8. The first-order valence-corrected chi connectivity index (χ1v) is 20.3. The number of unbranched alkanes of at least 4 members (excludes halogenated alkanes) is 9. The lowest BCUT2D eigenvalue weighted by molar-refractivity contribution is 0.557. The van der Waals surface area contributed by atoms with E-state index < -0.39 is 16.1 Å². The molecule has 0 bridgehead atoms. The molecule has 0 aliphatic rings. The fourth-order valence-corrected chi connectivity index (χ4v) is 12.3. The molecule has 0 spiro atoms. The summed E-state index contributed by atoms with van der Waals surface area (Å²) >= 11 is 4.31. The number of thiophene rings is 2. The summed E-state index contributed by atoms with van der Waals surface area (Å²) in [5.41, 5.74) is 0. The zero-order valence-electron chi connectivity index (χ0n) is 19.7. The van der Waals surface area contributed by atoms with Crippen molar-refractivity contribution in [2.45, 2.75) is 117 Å². The number of aryl methyl sites for hydroxylation is 1. The van der Waals surface area contributed by atoms with Crippen molar-refractivity contribution < 1.29 is 0 Å². The molecular weight excluding hydrogens is 409 g/mol. The van der Waals surface area contributed by atoms with E-state index in [1.807, 2.05) is 0 Å². The van der Waals surface area contributed by atoms with Crippen molar-refractivity contribution in [3.8, 4) is 0 Å². The van der Waals surface area contributed by atoms with Gasteiger partial charge in [0.1, 0.15) is 0 Å². The highest BCUT2D eigenvalue weighted by Crippen LogP contribution is 2.31. The number of hydrogen-bond donors (Lipinski definition) is 0. The first kappa shape index (κ1) is 24.4. The minimum Gasteiger partial charge on any atom is -0.153 e. The number of hydrogen-bond acceptors (Lipinski definition) is 2. The van der Waals surface area contributed by atoms with E-state index in [0.717, 1.165) is 0 Å². The van der Waals surface area contributed by atoms with Gasteiger partial charge in [-0.1, -0.05) is 104 Å². The molecule has 160 valence electrons. The minimum atomic E-state index is -1.26. The van der Waals surface area contributed by atoms with Gasteiger partial charge in [-0.3, -0.25) is 0 Å². The van der Waals surface area contributed by atoms with Crippen LogP contribution in [0.1, 0.15) is 76.0 Å². The molecule has 0 aliphatic carbocycles. The molecule has 2 rings (SSSR count). The summed E-state index contributed by atoms with van der Waals surface area (Å²) in [6.07, 6.45) is 15.6. The molecule has 0 fully saturated rings. The Balaban J connectivity index is 1.86. The van der Waals surface area contributed by atoms with Gasteiger partial charge in [0.25, 0.3) is 0 Å². The SMILES string of the molecule is CCCCCCCCCCCCc1cc2c([Si](C)(C)C)sc([Si](C)(C)C)c2s1. The summed E-state index contributed by atoms with van der Waals surface area (Å²) in [4.78, 5) is 1.65. The van der Waals surface area contributed by atoms with Crippen LogP contribution in [0, 0.1) is 0 Å². The van der Waals surface area contributed by atoms with Gasteiger partial charge in [0.05, 0.1) is 16.1 Å². The van der Waals surface area contributed by atoms with E-state index >= 15 is 0 Å². The van der Waals surface area contributed by atoms with Gasteiger partial charge in [-0.25, -0.2) is 0 Å². The van der Waals surface area contributed by atoms with Crippen molar-refractivity contribution in [3.63, 3.8) is 0 Å². The molecule has 0 N–H and O–H groups in total. The lowest BCUT2D eigenvalue weighted by Crippen LogP contribution is -2.38. The fraction of sp³-hybridized carbons (Fsp3) is 0.750. The summed E-state index contributed by atoms with van der Waals surface area (Å²) < 4.78 is 5.19. The average Bonchev–Trinajstić information content (AvgIpc) is 3.13. The third-order valence-electron chi connectivity index (χ3n) is 5.58. The van der Waals surface area contributed by atoms with Crippen LogP contribution in [0.25, 0.3) is 10.1 Å². The van der Waals surface area contributed by atoms with Crippen molar-refractivity contribution in [2.24, 2.45) is 0 Å². The summed E-state index contributed by atoms with van der Waals surface area (Å²) in [6.45, 7) is 17.4. The highest BCUT2D eigenvalue weighted by Gasteiger charge is 2.30. The van der Waals surface area contributed by atoms with Crippen molar-refractivity contribution in [3.05, 3.63) is 10.9 Å². The predicted octanol–water partition coefficient (Wildman–Crippen LogP) is 8.52. The van der Waals surface area contributed by atoms with Crippen LogP contribution in [-0.2, 0) is 6.42 Å². The van der Waals surface area contributed by atoms with Gasteiger partial charge in [0.2, 0.25) is 0 Å². The van der Waals surface area contributed by atoms with Gasteiger partial charge in [0, 0.05) is 19.5 Å². The van der Waals surface area contributed by atoms with Crippen molar-refractivity contribution in [1.82, 2.24) is 0 Å². The van der Waals surface area contributed by atoms with E-state index in [9.17, 15) is 0 Å². The molecule has 28 heavy (non-hydrogen) atoms. The first-order chi connectivity index (χ1) is 13.1. The molecule has 0 radical (unpaired) electrons. The summed E-state index contributed by atoms with van der Waals surface area (Å²) in [5, 5.41) is 1.65. The molecular formula is C24H44S2Si2. The van der Waals surface area contributed by atoms with Crippen molar-refractivity contribution in [2.75, 3.05) is 0 Å². The Bertz CT molecular complexity index is 667. The lowest BCUT2D eigenvalue weighted by Gasteiger charge is -2.16. The maximum atomic E-state index is 2.58. The maximum Gasteiger partial charge on any atom is 0.0923 e. The first-order valence-electron chi connectivity index (χ1n) is 11.7. The van der Waals surface area contributed by atoms with Crippen LogP contribution in [0.2, 0.25) is 39.3 Å². The summed E-state index contributed by atoms with van der Waals surface area (Å²) in [7, 11) is -2.52. The van der Waals surface area contributed by atoms with E-state index in [1.54, 1.807) is 24.0 Å². The topological polar surface area (TPSA) is 0 Å². The monoisotopic (exact) mass is 452 g/mol. The predicted molar refractivity (Wildman–Crippen MR) is 141 cm³/mol. The second-order valence-electron chi connectivity index (χ2n) is 10.6. The van der Waals surface area contributed by atoms with Gasteiger partial charge in [-0.05, 0) is 23.4 Å². The van der Waals surface area contributed by atoms with Gasteiger partial charge in [-0.2, -0.15) is 11.3 Å². The Morgan fingerprint density at radius 1 is 0.643 bits per heavy atom. The van der Waals surface area contributed by atoms with E-state index in [-0.39, 0.29) is 0 Å². The molecule has 0 nitrogen and oxygen atoms in total. The third kappa shape index (κ3) is 7.10. The van der Waals surface area contributed by atoms with Crippen LogP contribution in [0.5, 0.6) is 0 Å². The Morgan fingerprint density at radius 2 is 1.14 bits per heavy atom. The van der Waals surface area contributed by atoms with Gasteiger partial charge in [0.15, 0.2) is 0 Å². The Hall–Kier alpha value is 0.0938. The van der Waals surface area contributed by atoms with E-state index in [2.05, 4.69) is 74.9 Å². The molecule has 2 heterocycles. The standard InChI is InChI=1S/C24H44S2Si2/c1-8-9-10-11-12-13-14-15-16-17-18-20-19-21-22(25-20)24(28(5,6)7)26-23(21)27(2,3)4/h19H,8-18H2,1-7H3. The smallest absolute Gasteiger partial charge is 0.0923 e. The second kappa shape index (κ2) is 10.9. The second-order valence-corrected chi connectivity index (χ2v) is 23.5.